The van der Waals surface area contributed by atoms with Crippen LogP contribution in [0, 0.1) is 30.1 Å². The molecule has 0 bridgehead atoms. The Kier molecular flexibility index (Phi) is 7.67. The van der Waals surface area contributed by atoms with Gasteiger partial charge < -0.3 is 9.94 Å². The average Bonchev–Trinajstić information content (AvgIpc) is 2.51. The van der Waals surface area contributed by atoms with E-state index < -0.39 is 11.4 Å². The smallest absolute Gasteiger partial charge is 0.286 e. The van der Waals surface area contributed by atoms with Crippen molar-refractivity contribution in [1.82, 2.24) is 4.73 Å². The van der Waals surface area contributed by atoms with Gasteiger partial charge in [0.1, 0.15) is 18.2 Å². The minimum Gasteiger partial charge on any atom is -0.491 e. The number of nitriles is 1. The SMILES string of the molecule is CCCC(CCC)C(CC)COn1c(O)c(C#N)c(C)cc1=O. The summed E-state index contributed by atoms with van der Waals surface area (Å²) in [5, 5.41) is 19.2. The Morgan fingerprint density at radius 3 is 2.35 bits per heavy atom. The van der Waals surface area contributed by atoms with Crippen LogP contribution in [0.2, 0.25) is 0 Å². The van der Waals surface area contributed by atoms with Gasteiger partial charge in [-0.3, -0.25) is 4.79 Å². The van der Waals surface area contributed by atoms with E-state index in [1.807, 2.05) is 6.07 Å². The van der Waals surface area contributed by atoms with Crippen molar-refractivity contribution in [3.05, 3.63) is 27.5 Å². The first-order chi connectivity index (χ1) is 11.0. The molecule has 5 heteroatoms. The Bertz CT molecular complexity index is 596. The molecule has 128 valence electrons. The zero-order chi connectivity index (χ0) is 17.4. The second-order valence-electron chi connectivity index (χ2n) is 6.07. The molecule has 0 saturated heterocycles. The van der Waals surface area contributed by atoms with Gasteiger partial charge in [-0.2, -0.15) is 5.26 Å². The van der Waals surface area contributed by atoms with Crippen molar-refractivity contribution in [3.63, 3.8) is 0 Å². The number of aromatic nitrogens is 1. The van der Waals surface area contributed by atoms with Crippen LogP contribution < -0.4 is 10.4 Å². The predicted octanol–water partition coefficient (Wildman–Crippen LogP) is 3.41. The largest absolute Gasteiger partial charge is 0.491 e. The van der Waals surface area contributed by atoms with Crippen LogP contribution >= 0.6 is 0 Å². The van der Waals surface area contributed by atoms with Gasteiger partial charge in [0.15, 0.2) is 0 Å². The molecule has 1 N–H and O–H groups in total. The summed E-state index contributed by atoms with van der Waals surface area (Å²) in [4.78, 5) is 17.6. The zero-order valence-electron chi connectivity index (χ0n) is 14.6. The van der Waals surface area contributed by atoms with E-state index in [2.05, 4.69) is 20.8 Å². The Hall–Kier alpha value is -1.96. The predicted molar refractivity (Wildman–Crippen MR) is 90.4 cm³/mol. The lowest BCUT2D eigenvalue weighted by Gasteiger charge is -2.26. The molecule has 0 radical (unpaired) electrons. The van der Waals surface area contributed by atoms with E-state index in [9.17, 15) is 9.90 Å². The summed E-state index contributed by atoms with van der Waals surface area (Å²) < 4.78 is 0.850. The van der Waals surface area contributed by atoms with Gasteiger partial charge in [0.25, 0.3) is 5.56 Å². The van der Waals surface area contributed by atoms with Crippen LogP contribution in [0.25, 0.3) is 0 Å². The highest BCUT2D eigenvalue weighted by Crippen LogP contribution is 2.26. The molecule has 1 heterocycles. The Morgan fingerprint density at radius 1 is 1.26 bits per heavy atom. The number of pyridine rings is 1. The molecule has 0 aliphatic heterocycles. The van der Waals surface area contributed by atoms with Crippen molar-refractivity contribution in [1.29, 1.82) is 5.26 Å². The van der Waals surface area contributed by atoms with Crippen molar-refractivity contribution < 1.29 is 9.94 Å². The fourth-order valence-corrected chi connectivity index (χ4v) is 3.08. The van der Waals surface area contributed by atoms with Gasteiger partial charge in [-0.15, -0.1) is 4.73 Å². The maximum absolute atomic E-state index is 12.0. The van der Waals surface area contributed by atoms with E-state index in [0.29, 0.717) is 24.0 Å². The second kappa shape index (κ2) is 9.24. The Balaban J connectivity index is 2.95. The lowest BCUT2D eigenvalue weighted by molar-refractivity contribution is 0.0370. The first-order valence-electron chi connectivity index (χ1n) is 8.48. The molecule has 1 aromatic rings. The third-order valence-electron chi connectivity index (χ3n) is 4.39. The van der Waals surface area contributed by atoms with Crippen LogP contribution in [0.5, 0.6) is 5.88 Å². The molecular formula is C18H28N2O3. The first kappa shape index (κ1) is 19.1. The van der Waals surface area contributed by atoms with Crippen LogP contribution in [0.1, 0.15) is 64.0 Å². The first-order valence-corrected chi connectivity index (χ1v) is 8.48. The monoisotopic (exact) mass is 320 g/mol. The van der Waals surface area contributed by atoms with E-state index in [0.717, 1.165) is 36.8 Å². The van der Waals surface area contributed by atoms with Gasteiger partial charge in [0, 0.05) is 6.07 Å². The normalized spacial score (nSPS) is 12.2. The van der Waals surface area contributed by atoms with Gasteiger partial charge in [-0.25, -0.2) is 0 Å². The molecule has 0 aromatic carbocycles. The van der Waals surface area contributed by atoms with Gasteiger partial charge in [0.05, 0.1) is 0 Å². The average molecular weight is 320 g/mol. The molecule has 23 heavy (non-hydrogen) atoms. The van der Waals surface area contributed by atoms with E-state index in [4.69, 9.17) is 10.1 Å². The minimum atomic E-state index is -0.448. The van der Waals surface area contributed by atoms with E-state index in [1.165, 1.54) is 6.07 Å². The van der Waals surface area contributed by atoms with Crippen molar-refractivity contribution in [2.24, 2.45) is 11.8 Å². The van der Waals surface area contributed by atoms with Crippen molar-refractivity contribution in [2.75, 3.05) is 6.61 Å². The van der Waals surface area contributed by atoms with Crippen LogP contribution in [0.4, 0.5) is 0 Å². The standard InChI is InChI=1S/C18H28N2O3/c1-5-8-15(9-6-2)14(7-3)12-23-20-17(21)10-13(4)16(11-19)18(20)22/h10,14-15,22H,5-9,12H2,1-4H3. The van der Waals surface area contributed by atoms with Gasteiger partial charge in [-0.05, 0) is 30.7 Å². The van der Waals surface area contributed by atoms with Crippen LogP contribution in [-0.4, -0.2) is 16.4 Å². The highest BCUT2D eigenvalue weighted by molar-refractivity contribution is 5.43. The quantitative estimate of drug-likeness (QED) is 0.756. The lowest BCUT2D eigenvalue weighted by atomic mass is 9.84. The van der Waals surface area contributed by atoms with Crippen LogP contribution in [0.15, 0.2) is 10.9 Å². The highest BCUT2D eigenvalue weighted by atomic mass is 16.7. The molecule has 1 rings (SSSR count). The van der Waals surface area contributed by atoms with Crippen molar-refractivity contribution in [2.45, 2.75) is 59.8 Å². The van der Waals surface area contributed by atoms with Gasteiger partial charge in [0.2, 0.25) is 5.88 Å². The third-order valence-corrected chi connectivity index (χ3v) is 4.39. The molecule has 0 aliphatic rings. The number of nitrogens with zero attached hydrogens (tertiary/aromatic N) is 2. The van der Waals surface area contributed by atoms with Crippen molar-refractivity contribution in [3.8, 4) is 11.9 Å². The van der Waals surface area contributed by atoms with Crippen molar-refractivity contribution >= 4 is 0 Å². The van der Waals surface area contributed by atoms with Crippen LogP contribution in [0.3, 0.4) is 0 Å². The molecule has 0 spiro atoms. The zero-order valence-corrected chi connectivity index (χ0v) is 14.6. The fraction of sp³-hybridized carbons (Fsp3) is 0.667. The number of aryl methyl sites for hydroxylation is 1. The molecule has 0 saturated carbocycles. The molecule has 1 aromatic heterocycles. The second-order valence-corrected chi connectivity index (χ2v) is 6.07. The fourth-order valence-electron chi connectivity index (χ4n) is 3.08. The summed E-state index contributed by atoms with van der Waals surface area (Å²) in [7, 11) is 0. The summed E-state index contributed by atoms with van der Waals surface area (Å²) in [5.41, 5.74) is 0.0874. The molecule has 0 amide bonds. The maximum atomic E-state index is 12.0. The van der Waals surface area contributed by atoms with Gasteiger partial charge in [-0.1, -0.05) is 46.5 Å². The molecule has 5 nitrogen and oxygen atoms in total. The lowest BCUT2D eigenvalue weighted by Crippen LogP contribution is -2.32. The number of rotatable bonds is 9. The third kappa shape index (κ3) is 4.75. The maximum Gasteiger partial charge on any atom is 0.286 e. The summed E-state index contributed by atoms with van der Waals surface area (Å²) in [6.45, 7) is 8.45. The van der Waals surface area contributed by atoms with Crippen LogP contribution in [-0.2, 0) is 0 Å². The molecule has 0 aliphatic carbocycles. The summed E-state index contributed by atoms with van der Waals surface area (Å²) >= 11 is 0. The molecule has 1 unspecified atom stereocenters. The molecule has 1 atom stereocenters. The topological polar surface area (TPSA) is 75.2 Å². The van der Waals surface area contributed by atoms with E-state index in [1.54, 1.807) is 6.92 Å². The van der Waals surface area contributed by atoms with E-state index in [-0.39, 0.29) is 5.56 Å². The number of aromatic hydroxyl groups is 1. The van der Waals surface area contributed by atoms with Gasteiger partial charge >= 0.3 is 0 Å². The summed E-state index contributed by atoms with van der Waals surface area (Å²) in [6, 6.07) is 3.22. The number of hydrogen-bond donors (Lipinski definition) is 1. The molecule has 0 fully saturated rings. The van der Waals surface area contributed by atoms with E-state index >= 15 is 0 Å². The Morgan fingerprint density at radius 2 is 1.87 bits per heavy atom. The molecular weight excluding hydrogens is 292 g/mol. The summed E-state index contributed by atoms with van der Waals surface area (Å²) in [6.07, 6.45) is 5.46. The number of hydrogen-bond acceptors (Lipinski definition) is 4. The Labute approximate surface area is 138 Å². The summed E-state index contributed by atoms with van der Waals surface area (Å²) in [5.74, 6) is 0.469. The highest BCUT2D eigenvalue weighted by Gasteiger charge is 2.21. The minimum absolute atomic E-state index is 0.0799.